The predicted octanol–water partition coefficient (Wildman–Crippen LogP) is 5.02. The highest BCUT2D eigenvalue weighted by molar-refractivity contribution is 9.10. The minimum absolute atomic E-state index is 0.0889. The molecule has 0 saturated heterocycles. The first-order chi connectivity index (χ1) is 20.1. The Bertz CT molecular complexity index is 1700. The minimum Gasteiger partial charge on any atom is -0.496 e. The molecule has 0 aliphatic carbocycles. The van der Waals surface area contributed by atoms with Gasteiger partial charge in [-0.05, 0) is 79.3 Å². The Morgan fingerprint density at radius 1 is 1.07 bits per heavy atom. The monoisotopic (exact) mass is 632 g/mol. The average Bonchev–Trinajstić information content (AvgIpc) is 3.11. The summed E-state index contributed by atoms with van der Waals surface area (Å²) < 4.78 is 20.3. The van der Waals surface area contributed by atoms with Crippen molar-refractivity contribution in [1.29, 1.82) is 0 Å². The fraction of sp³-hybridized carbons (Fsp3) is 0.219. The highest BCUT2D eigenvalue weighted by Gasteiger charge is 2.48. The van der Waals surface area contributed by atoms with E-state index >= 15 is 0 Å². The van der Waals surface area contributed by atoms with Crippen LogP contribution in [0.2, 0.25) is 0 Å². The third-order valence-electron chi connectivity index (χ3n) is 8.04. The molecule has 8 nitrogen and oxygen atoms in total. The van der Waals surface area contributed by atoms with E-state index in [-0.39, 0.29) is 18.7 Å². The third kappa shape index (κ3) is 5.12. The summed E-state index contributed by atoms with van der Waals surface area (Å²) in [6.07, 6.45) is 0. The highest BCUT2D eigenvalue weighted by Crippen LogP contribution is 2.40. The van der Waals surface area contributed by atoms with E-state index in [4.69, 9.17) is 10.5 Å². The zero-order valence-electron chi connectivity index (χ0n) is 23.4. The van der Waals surface area contributed by atoms with E-state index in [0.29, 0.717) is 17.1 Å². The normalized spacial score (nSPS) is 16.5. The first-order valence-corrected chi connectivity index (χ1v) is 14.1. The second-order valence-electron chi connectivity index (χ2n) is 10.3. The molecule has 216 valence electrons. The number of primary amides is 1. The molecule has 1 aliphatic rings. The van der Waals surface area contributed by atoms with Crippen molar-refractivity contribution < 1.29 is 23.5 Å². The van der Waals surface area contributed by atoms with Gasteiger partial charge in [0.05, 0.1) is 30.9 Å². The van der Waals surface area contributed by atoms with Crippen LogP contribution in [0.15, 0.2) is 83.3 Å². The van der Waals surface area contributed by atoms with Crippen molar-refractivity contribution in [2.24, 2.45) is 11.7 Å². The van der Waals surface area contributed by atoms with Crippen LogP contribution >= 0.6 is 15.9 Å². The molecule has 2 atom stereocenters. The molecule has 4 aromatic carbocycles. The first kappa shape index (κ1) is 29.2. The van der Waals surface area contributed by atoms with Gasteiger partial charge in [0.1, 0.15) is 17.1 Å². The molecule has 42 heavy (non-hydrogen) atoms. The van der Waals surface area contributed by atoms with Gasteiger partial charge in [-0.25, -0.2) is 4.39 Å². The number of amides is 3. The molecule has 3 amide bonds. The Morgan fingerprint density at radius 2 is 1.76 bits per heavy atom. The van der Waals surface area contributed by atoms with E-state index in [9.17, 15) is 18.8 Å². The van der Waals surface area contributed by atoms with Crippen molar-refractivity contribution in [2.45, 2.75) is 19.0 Å². The summed E-state index contributed by atoms with van der Waals surface area (Å²) in [5, 5.41) is 4.77. The van der Waals surface area contributed by atoms with E-state index in [1.54, 1.807) is 50.2 Å². The second kappa shape index (κ2) is 11.5. The zero-order valence-corrected chi connectivity index (χ0v) is 24.9. The van der Waals surface area contributed by atoms with Crippen LogP contribution in [-0.2, 0) is 16.1 Å². The van der Waals surface area contributed by atoms with Gasteiger partial charge in [-0.2, -0.15) is 0 Å². The highest BCUT2D eigenvalue weighted by atomic mass is 79.9. The number of hydrogen-bond donors (Lipinski definition) is 2. The number of methoxy groups -OCH3 is 1. The van der Waals surface area contributed by atoms with Gasteiger partial charge in [0, 0.05) is 22.1 Å². The van der Waals surface area contributed by atoms with Gasteiger partial charge in [0.15, 0.2) is 0 Å². The third-order valence-corrected chi connectivity index (χ3v) is 8.54. The van der Waals surface area contributed by atoms with Crippen LogP contribution in [0.5, 0.6) is 5.75 Å². The number of nitrogens with two attached hydrogens (primary N) is 1. The van der Waals surface area contributed by atoms with Crippen LogP contribution in [0.3, 0.4) is 0 Å². The lowest BCUT2D eigenvalue weighted by Gasteiger charge is -2.36. The molecule has 0 bridgehead atoms. The summed E-state index contributed by atoms with van der Waals surface area (Å²) >= 11 is 3.52. The fourth-order valence-electron chi connectivity index (χ4n) is 5.45. The lowest BCUT2D eigenvalue weighted by atomic mass is 9.83. The van der Waals surface area contributed by atoms with Crippen molar-refractivity contribution in [1.82, 2.24) is 5.32 Å². The molecule has 4 aromatic rings. The molecule has 0 aromatic heterocycles. The molecule has 1 aliphatic heterocycles. The maximum atomic E-state index is 14.6. The standard InChI is InChI=1S/C32H30BrFN4O4/c1-32(36-2,31(35)41)25-18-38(29(39)19-8-12-22(34)13-9-19)27-7-5-4-6-26(27)37(30(25)40)17-24-23-14-11-21(33)16-20(23)10-15-28(24)42-3/h4-16,25,36H,17-18H2,1-3H3,(H2,35,41)/t25-,32?/m1/s1. The number of fused-ring (bicyclic) bond motifs is 2. The summed E-state index contributed by atoms with van der Waals surface area (Å²) in [6.45, 7) is 1.50. The van der Waals surface area contributed by atoms with Crippen molar-refractivity contribution >= 4 is 55.8 Å². The SMILES string of the molecule is CNC(C)(C(N)=O)[C@@H]1CN(C(=O)c2ccc(F)cc2)c2ccccc2N(Cc2c(OC)ccc3cc(Br)ccc23)C1=O. The predicted molar refractivity (Wildman–Crippen MR) is 164 cm³/mol. The number of benzene rings is 4. The lowest BCUT2D eigenvalue weighted by Crippen LogP contribution is -2.63. The van der Waals surface area contributed by atoms with Crippen LogP contribution in [0.4, 0.5) is 15.8 Å². The minimum atomic E-state index is -1.51. The molecular weight excluding hydrogens is 603 g/mol. The van der Waals surface area contributed by atoms with E-state index in [1.807, 2.05) is 30.3 Å². The Hall–Kier alpha value is -4.28. The van der Waals surface area contributed by atoms with E-state index in [2.05, 4.69) is 21.2 Å². The number of carbonyl (C=O) groups is 3. The van der Waals surface area contributed by atoms with Gasteiger partial charge in [-0.3, -0.25) is 14.4 Å². The van der Waals surface area contributed by atoms with Gasteiger partial charge in [-0.15, -0.1) is 0 Å². The summed E-state index contributed by atoms with van der Waals surface area (Å²) in [5.41, 5.74) is 6.29. The number of anilines is 2. The van der Waals surface area contributed by atoms with Crippen molar-refractivity contribution in [3.63, 3.8) is 0 Å². The molecule has 3 N–H and O–H groups in total. The number of carbonyl (C=O) groups excluding carboxylic acids is 3. The molecular formula is C32H30BrFN4O4. The molecule has 0 fully saturated rings. The average molecular weight is 634 g/mol. The summed E-state index contributed by atoms with van der Waals surface area (Å²) in [5.74, 6) is -2.56. The topological polar surface area (TPSA) is 105 Å². The number of nitrogens with zero attached hydrogens (tertiary/aromatic N) is 2. The summed E-state index contributed by atoms with van der Waals surface area (Å²) in [4.78, 5) is 44.4. The van der Waals surface area contributed by atoms with Crippen molar-refractivity contribution in [2.75, 3.05) is 30.5 Å². The molecule has 0 saturated carbocycles. The van der Waals surface area contributed by atoms with Crippen LogP contribution in [0.1, 0.15) is 22.8 Å². The van der Waals surface area contributed by atoms with Gasteiger partial charge in [0.2, 0.25) is 11.8 Å². The second-order valence-corrected chi connectivity index (χ2v) is 11.2. The first-order valence-electron chi connectivity index (χ1n) is 13.3. The van der Waals surface area contributed by atoms with Gasteiger partial charge in [0.25, 0.3) is 5.91 Å². The number of likely N-dealkylation sites (N-methyl/N-ethyl adjacent to an activating group) is 1. The Labute approximate surface area is 251 Å². The van der Waals surface area contributed by atoms with Crippen molar-refractivity contribution in [3.8, 4) is 5.75 Å². The van der Waals surface area contributed by atoms with Crippen LogP contribution in [-0.4, -0.2) is 44.0 Å². The number of hydrogen-bond acceptors (Lipinski definition) is 5. The largest absolute Gasteiger partial charge is 0.496 e. The van der Waals surface area contributed by atoms with Crippen LogP contribution < -0.4 is 25.6 Å². The smallest absolute Gasteiger partial charge is 0.258 e. The van der Waals surface area contributed by atoms with E-state index in [1.165, 1.54) is 29.2 Å². The quantitative estimate of drug-likeness (QED) is 0.298. The number of para-hydroxylation sites is 2. The summed E-state index contributed by atoms with van der Waals surface area (Å²) in [6, 6.07) is 21.9. The number of ether oxygens (including phenoxy) is 1. The maximum absolute atomic E-state index is 14.6. The molecule has 1 heterocycles. The molecule has 0 spiro atoms. The van der Waals surface area contributed by atoms with Crippen LogP contribution in [0.25, 0.3) is 10.8 Å². The van der Waals surface area contributed by atoms with Crippen molar-refractivity contribution in [3.05, 3.63) is 100 Å². The summed E-state index contributed by atoms with van der Waals surface area (Å²) in [7, 11) is 3.12. The Balaban J connectivity index is 1.72. The molecule has 1 unspecified atom stereocenters. The van der Waals surface area contributed by atoms with E-state index < -0.39 is 35.0 Å². The van der Waals surface area contributed by atoms with Gasteiger partial charge in [-0.1, -0.05) is 40.2 Å². The maximum Gasteiger partial charge on any atom is 0.258 e. The van der Waals surface area contributed by atoms with E-state index in [0.717, 1.165) is 20.8 Å². The molecule has 0 radical (unpaired) electrons. The van der Waals surface area contributed by atoms with Gasteiger partial charge < -0.3 is 25.6 Å². The van der Waals surface area contributed by atoms with Gasteiger partial charge >= 0.3 is 0 Å². The number of halogens is 2. The molecule has 5 rings (SSSR count). The Kier molecular flexibility index (Phi) is 8.03. The lowest BCUT2D eigenvalue weighted by molar-refractivity contribution is -0.133. The van der Waals surface area contributed by atoms with Crippen LogP contribution in [0, 0.1) is 11.7 Å². The fourth-order valence-corrected chi connectivity index (χ4v) is 5.83. The Morgan fingerprint density at radius 3 is 2.40 bits per heavy atom. The number of rotatable bonds is 7. The zero-order chi connectivity index (χ0) is 30.2. The number of nitrogens with one attached hydrogen (secondary N) is 1. The molecule has 10 heteroatoms.